The van der Waals surface area contributed by atoms with Gasteiger partial charge in [0.25, 0.3) is 10.2 Å². The first-order valence-electron chi connectivity index (χ1n) is 5.18. The Kier molecular flexibility index (Phi) is 4.24. The van der Waals surface area contributed by atoms with Crippen LogP contribution in [0.3, 0.4) is 0 Å². The molecule has 0 aromatic heterocycles. The van der Waals surface area contributed by atoms with Gasteiger partial charge in [-0.05, 0) is 26.7 Å². The average Bonchev–Trinajstić information content (AvgIpc) is 2.16. The molecule has 1 aliphatic heterocycles. The predicted octanol–water partition coefficient (Wildman–Crippen LogP) is 0.140. The molecule has 1 saturated heterocycles. The fraction of sp³-hybridized carbons (Fsp3) is 0.889. The van der Waals surface area contributed by atoms with E-state index in [0.29, 0.717) is 25.9 Å². The molecule has 15 heavy (non-hydrogen) atoms. The number of nitrogens with one attached hydrogen (secondary N) is 1. The number of aldehydes is 1. The highest BCUT2D eigenvalue weighted by Crippen LogP contribution is 2.17. The third-order valence-electron chi connectivity index (χ3n) is 2.42. The Morgan fingerprint density at radius 1 is 1.33 bits per heavy atom. The maximum atomic E-state index is 11.7. The van der Waals surface area contributed by atoms with Crippen molar-refractivity contribution in [2.45, 2.75) is 32.7 Å². The van der Waals surface area contributed by atoms with E-state index in [0.717, 1.165) is 6.29 Å². The molecule has 1 aliphatic rings. The molecule has 5 nitrogen and oxygen atoms in total. The third-order valence-corrected chi connectivity index (χ3v) is 4.23. The molecule has 0 aromatic rings. The second-order valence-corrected chi connectivity index (χ2v) is 5.85. The molecule has 1 fully saturated rings. The van der Waals surface area contributed by atoms with Crippen LogP contribution in [0.5, 0.6) is 0 Å². The molecule has 0 unspecified atom stereocenters. The molecule has 0 radical (unpaired) electrons. The summed E-state index contributed by atoms with van der Waals surface area (Å²) >= 11 is 0. The first kappa shape index (κ1) is 12.6. The van der Waals surface area contributed by atoms with Gasteiger partial charge in [-0.1, -0.05) is 0 Å². The van der Waals surface area contributed by atoms with Crippen LogP contribution in [0.4, 0.5) is 0 Å². The fourth-order valence-corrected chi connectivity index (χ4v) is 3.06. The Balaban J connectivity index is 2.55. The largest absolute Gasteiger partial charge is 0.303 e. The van der Waals surface area contributed by atoms with Crippen molar-refractivity contribution in [3.05, 3.63) is 0 Å². The van der Waals surface area contributed by atoms with Gasteiger partial charge in [-0.2, -0.15) is 17.4 Å². The molecule has 0 aromatic carbocycles. The minimum absolute atomic E-state index is 0.0236. The molecule has 0 spiro atoms. The van der Waals surface area contributed by atoms with E-state index in [2.05, 4.69) is 4.72 Å². The SMILES string of the molecule is CC(C)NS(=O)(=O)N1CCC(C=O)CC1. The highest BCUT2D eigenvalue weighted by Gasteiger charge is 2.27. The molecule has 0 bridgehead atoms. The van der Waals surface area contributed by atoms with Crippen molar-refractivity contribution in [3.63, 3.8) is 0 Å². The van der Waals surface area contributed by atoms with E-state index in [9.17, 15) is 13.2 Å². The van der Waals surface area contributed by atoms with Gasteiger partial charge in [-0.3, -0.25) is 0 Å². The third kappa shape index (κ3) is 3.55. The van der Waals surface area contributed by atoms with Crippen LogP contribution in [0.25, 0.3) is 0 Å². The van der Waals surface area contributed by atoms with Gasteiger partial charge in [0.05, 0.1) is 0 Å². The van der Waals surface area contributed by atoms with Gasteiger partial charge in [0.15, 0.2) is 0 Å². The zero-order valence-corrected chi connectivity index (χ0v) is 9.96. The molecule has 1 N–H and O–H groups in total. The van der Waals surface area contributed by atoms with Crippen LogP contribution in [0.15, 0.2) is 0 Å². The molecule has 0 aliphatic carbocycles. The summed E-state index contributed by atoms with van der Waals surface area (Å²) in [6, 6.07) is -0.0983. The van der Waals surface area contributed by atoms with Gasteiger partial charge in [0, 0.05) is 25.0 Å². The van der Waals surface area contributed by atoms with Crippen LogP contribution in [0, 0.1) is 5.92 Å². The Morgan fingerprint density at radius 3 is 2.27 bits per heavy atom. The van der Waals surface area contributed by atoms with Crippen LogP contribution < -0.4 is 4.72 Å². The number of carbonyl (C=O) groups excluding carboxylic acids is 1. The molecule has 6 heteroatoms. The summed E-state index contributed by atoms with van der Waals surface area (Å²) < 4.78 is 27.4. The normalized spacial score (nSPS) is 20.7. The number of carbonyl (C=O) groups is 1. The summed E-state index contributed by atoms with van der Waals surface area (Å²) in [5.74, 6) is 0.0236. The van der Waals surface area contributed by atoms with Crippen molar-refractivity contribution < 1.29 is 13.2 Å². The molecule has 0 atom stereocenters. The van der Waals surface area contributed by atoms with Gasteiger partial charge >= 0.3 is 0 Å². The van der Waals surface area contributed by atoms with Gasteiger partial charge in [0.2, 0.25) is 0 Å². The van der Waals surface area contributed by atoms with Crippen LogP contribution in [-0.4, -0.2) is 38.1 Å². The van der Waals surface area contributed by atoms with E-state index >= 15 is 0 Å². The molecule has 1 rings (SSSR count). The summed E-state index contributed by atoms with van der Waals surface area (Å²) in [5, 5.41) is 0. The lowest BCUT2D eigenvalue weighted by molar-refractivity contribution is -0.112. The molecule has 88 valence electrons. The van der Waals surface area contributed by atoms with E-state index in [1.807, 2.05) is 0 Å². The van der Waals surface area contributed by atoms with Crippen LogP contribution in [-0.2, 0) is 15.0 Å². The van der Waals surface area contributed by atoms with E-state index in [4.69, 9.17) is 0 Å². The Bertz CT molecular complexity index is 305. The molecular weight excluding hydrogens is 216 g/mol. The molecule has 0 saturated carbocycles. The van der Waals surface area contributed by atoms with Gasteiger partial charge in [0.1, 0.15) is 6.29 Å². The zero-order chi connectivity index (χ0) is 11.5. The fourth-order valence-electron chi connectivity index (χ4n) is 1.62. The topological polar surface area (TPSA) is 66.5 Å². The number of piperidine rings is 1. The van der Waals surface area contributed by atoms with E-state index < -0.39 is 10.2 Å². The van der Waals surface area contributed by atoms with E-state index in [-0.39, 0.29) is 12.0 Å². The number of hydrogen-bond acceptors (Lipinski definition) is 3. The van der Waals surface area contributed by atoms with E-state index in [1.54, 1.807) is 13.8 Å². The maximum absolute atomic E-state index is 11.7. The summed E-state index contributed by atoms with van der Waals surface area (Å²) in [7, 11) is -3.35. The zero-order valence-electron chi connectivity index (χ0n) is 9.14. The van der Waals surface area contributed by atoms with Crippen molar-refractivity contribution in [2.24, 2.45) is 5.92 Å². The first-order valence-corrected chi connectivity index (χ1v) is 6.62. The quantitative estimate of drug-likeness (QED) is 0.704. The highest BCUT2D eigenvalue weighted by molar-refractivity contribution is 7.87. The molecular formula is C9H18N2O3S. The second-order valence-electron chi connectivity index (χ2n) is 4.15. The lowest BCUT2D eigenvalue weighted by Gasteiger charge is -2.29. The summed E-state index contributed by atoms with van der Waals surface area (Å²) in [4.78, 5) is 10.5. The first-order chi connectivity index (χ1) is 6.95. The predicted molar refractivity (Wildman–Crippen MR) is 57.6 cm³/mol. The monoisotopic (exact) mass is 234 g/mol. The highest BCUT2D eigenvalue weighted by atomic mass is 32.2. The van der Waals surface area contributed by atoms with Crippen molar-refractivity contribution in [1.82, 2.24) is 9.03 Å². The van der Waals surface area contributed by atoms with Gasteiger partial charge in [-0.15, -0.1) is 0 Å². The van der Waals surface area contributed by atoms with Crippen molar-refractivity contribution in [2.75, 3.05) is 13.1 Å². The van der Waals surface area contributed by atoms with Gasteiger partial charge < -0.3 is 4.79 Å². The van der Waals surface area contributed by atoms with Crippen molar-refractivity contribution in [3.8, 4) is 0 Å². The summed E-state index contributed by atoms with van der Waals surface area (Å²) in [6.45, 7) is 4.45. The van der Waals surface area contributed by atoms with Crippen LogP contribution in [0.1, 0.15) is 26.7 Å². The standard InChI is InChI=1S/C9H18N2O3S/c1-8(2)10-15(13,14)11-5-3-9(7-12)4-6-11/h7-10H,3-6H2,1-2H3. The maximum Gasteiger partial charge on any atom is 0.279 e. The summed E-state index contributed by atoms with van der Waals surface area (Å²) in [5.41, 5.74) is 0. The van der Waals surface area contributed by atoms with Crippen molar-refractivity contribution >= 4 is 16.5 Å². The number of nitrogens with zero attached hydrogens (tertiary/aromatic N) is 1. The Hall–Kier alpha value is -0.460. The Labute approximate surface area is 91.0 Å². The lowest BCUT2D eigenvalue weighted by Crippen LogP contribution is -2.47. The minimum atomic E-state index is -3.35. The van der Waals surface area contributed by atoms with Gasteiger partial charge in [-0.25, -0.2) is 0 Å². The average molecular weight is 234 g/mol. The van der Waals surface area contributed by atoms with Crippen molar-refractivity contribution in [1.29, 1.82) is 0 Å². The van der Waals surface area contributed by atoms with Crippen LogP contribution in [0.2, 0.25) is 0 Å². The Morgan fingerprint density at radius 2 is 1.87 bits per heavy atom. The lowest BCUT2D eigenvalue weighted by atomic mass is 10.0. The van der Waals surface area contributed by atoms with E-state index in [1.165, 1.54) is 4.31 Å². The minimum Gasteiger partial charge on any atom is -0.303 e. The molecule has 0 amide bonds. The summed E-state index contributed by atoms with van der Waals surface area (Å²) in [6.07, 6.45) is 2.17. The number of hydrogen-bond donors (Lipinski definition) is 1. The van der Waals surface area contributed by atoms with Crippen LogP contribution >= 0.6 is 0 Å². The smallest absolute Gasteiger partial charge is 0.279 e. The second kappa shape index (κ2) is 5.05. The molecule has 1 heterocycles. The number of rotatable bonds is 4.